The molecule has 128 valence electrons. The second kappa shape index (κ2) is 8.27. The van der Waals surface area contributed by atoms with E-state index in [9.17, 15) is 4.79 Å². The van der Waals surface area contributed by atoms with Crippen molar-refractivity contribution in [2.45, 2.75) is 19.8 Å². The quantitative estimate of drug-likeness (QED) is 0.790. The van der Waals surface area contributed by atoms with E-state index in [2.05, 4.69) is 5.32 Å². The third-order valence-corrected chi connectivity index (χ3v) is 4.31. The first-order valence-corrected chi connectivity index (χ1v) is 8.16. The highest BCUT2D eigenvalue weighted by Crippen LogP contribution is 2.31. The van der Waals surface area contributed by atoms with Crippen LogP contribution in [0.5, 0.6) is 11.5 Å². The van der Waals surface area contributed by atoms with E-state index in [-0.39, 0.29) is 5.91 Å². The van der Waals surface area contributed by atoms with E-state index in [1.807, 2.05) is 13.0 Å². The SMILES string of the molecule is COc1ccc(CCC(=O)Nc2cc(C)c(Cl)cc2OC)cc1Cl. The Bertz CT molecular complexity index is 747. The summed E-state index contributed by atoms with van der Waals surface area (Å²) in [5.74, 6) is 1.04. The highest BCUT2D eigenvalue weighted by molar-refractivity contribution is 6.32. The van der Waals surface area contributed by atoms with E-state index in [1.165, 1.54) is 7.11 Å². The minimum absolute atomic E-state index is 0.109. The Balaban J connectivity index is 2.01. The van der Waals surface area contributed by atoms with Crippen molar-refractivity contribution in [1.82, 2.24) is 0 Å². The number of carbonyl (C=O) groups is 1. The number of hydrogen-bond acceptors (Lipinski definition) is 3. The van der Waals surface area contributed by atoms with Gasteiger partial charge in [0.1, 0.15) is 11.5 Å². The van der Waals surface area contributed by atoms with Gasteiger partial charge in [-0.25, -0.2) is 0 Å². The number of methoxy groups -OCH3 is 2. The predicted molar refractivity (Wildman–Crippen MR) is 97.7 cm³/mol. The first kappa shape index (κ1) is 18.4. The Hall–Kier alpha value is -1.91. The fraction of sp³-hybridized carbons (Fsp3) is 0.278. The molecule has 24 heavy (non-hydrogen) atoms. The molecule has 2 aromatic rings. The molecule has 6 heteroatoms. The second-order valence-electron chi connectivity index (χ2n) is 5.32. The van der Waals surface area contributed by atoms with Crippen molar-refractivity contribution >= 4 is 34.8 Å². The lowest BCUT2D eigenvalue weighted by Gasteiger charge is -2.12. The summed E-state index contributed by atoms with van der Waals surface area (Å²) in [6.07, 6.45) is 0.901. The van der Waals surface area contributed by atoms with Gasteiger partial charge in [0.05, 0.1) is 24.9 Å². The number of benzene rings is 2. The Labute approximate surface area is 151 Å². The summed E-state index contributed by atoms with van der Waals surface area (Å²) in [6.45, 7) is 1.87. The summed E-state index contributed by atoms with van der Waals surface area (Å²) in [4.78, 5) is 12.2. The number of halogens is 2. The monoisotopic (exact) mass is 367 g/mol. The molecule has 1 amide bonds. The molecule has 0 bridgehead atoms. The van der Waals surface area contributed by atoms with Gasteiger partial charge in [0.25, 0.3) is 0 Å². The van der Waals surface area contributed by atoms with E-state index in [0.29, 0.717) is 40.1 Å². The van der Waals surface area contributed by atoms with E-state index < -0.39 is 0 Å². The van der Waals surface area contributed by atoms with Crippen molar-refractivity contribution in [2.75, 3.05) is 19.5 Å². The van der Waals surface area contributed by atoms with Gasteiger partial charge < -0.3 is 14.8 Å². The van der Waals surface area contributed by atoms with Gasteiger partial charge in [0, 0.05) is 17.5 Å². The molecule has 0 heterocycles. The Morgan fingerprint density at radius 3 is 2.38 bits per heavy atom. The van der Waals surface area contributed by atoms with Crippen LogP contribution in [0.2, 0.25) is 10.0 Å². The molecule has 0 aromatic heterocycles. The van der Waals surface area contributed by atoms with Gasteiger partial charge in [-0.3, -0.25) is 4.79 Å². The molecule has 0 aliphatic rings. The molecule has 0 saturated heterocycles. The van der Waals surface area contributed by atoms with Crippen LogP contribution < -0.4 is 14.8 Å². The van der Waals surface area contributed by atoms with Crippen LogP contribution in [0.1, 0.15) is 17.5 Å². The highest BCUT2D eigenvalue weighted by Gasteiger charge is 2.11. The fourth-order valence-electron chi connectivity index (χ4n) is 2.27. The minimum atomic E-state index is -0.109. The van der Waals surface area contributed by atoms with Gasteiger partial charge in [-0.2, -0.15) is 0 Å². The van der Waals surface area contributed by atoms with Crippen LogP contribution in [0, 0.1) is 6.92 Å². The zero-order valence-electron chi connectivity index (χ0n) is 13.8. The maximum atomic E-state index is 12.2. The van der Waals surface area contributed by atoms with Crippen LogP contribution in [-0.2, 0) is 11.2 Å². The van der Waals surface area contributed by atoms with Crippen LogP contribution in [0.3, 0.4) is 0 Å². The maximum absolute atomic E-state index is 12.2. The van der Waals surface area contributed by atoms with Crippen molar-refractivity contribution < 1.29 is 14.3 Å². The molecule has 0 atom stereocenters. The number of ether oxygens (including phenoxy) is 2. The van der Waals surface area contributed by atoms with Gasteiger partial charge in [-0.1, -0.05) is 29.3 Å². The van der Waals surface area contributed by atoms with Crippen molar-refractivity contribution in [3.63, 3.8) is 0 Å². The first-order valence-electron chi connectivity index (χ1n) is 7.41. The van der Waals surface area contributed by atoms with Crippen LogP contribution >= 0.6 is 23.2 Å². The first-order chi connectivity index (χ1) is 11.4. The second-order valence-corrected chi connectivity index (χ2v) is 6.13. The molecular weight excluding hydrogens is 349 g/mol. The van der Waals surface area contributed by atoms with Crippen LogP contribution in [0.25, 0.3) is 0 Å². The van der Waals surface area contributed by atoms with Crippen molar-refractivity contribution in [2.24, 2.45) is 0 Å². The van der Waals surface area contributed by atoms with Crippen molar-refractivity contribution in [3.05, 3.63) is 51.5 Å². The molecule has 4 nitrogen and oxygen atoms in total. The number of anilines is 1. The van der Waals surface area contributed by atoms with Gasteiger partial charge in [0.2, 0.25) is 5.91 Å². The predicted octanol–water partition coefficient (Wildman–Crippen LogP) is 4.89. The standard InChI is InChI=1S/C18H19Cl2NO3/c1-11-8-15(17(24-3)10-13(11)19)21-18(22)7-5-12-4-6-16(23-2)14(20)9-12/h4,6,8-10H,5,7H2,1-3H3,(H,21,22). The molecular formula is C18H19Cl2NO3. The molecule has 0 saturated carbocycles. The molecule has 1 N–H and O–H groups in total. The molecule has 2 rings (SSSR count). The summed E-state index contributed by atoms with van der Waals surface area (Å²) in [6, 6.07) is 8.98. The summed E-state index contributed by atoms with van der Waals surface area (Å²) in [5.41, 5.74) is 2.45. The third-order valence-electron chi connectivity index (χ3n) is 3.61. The van der Waals surface area contributed by atoms with Gasteiger partial charge >= 0.3 is 0 Å². The van der Waals surface area contributed by atoms with E-state index in [4.69, 9.17) is 32.7 Å². The summed E-state index contributed by atoms with van der Waals surface area (Å²) in [5, 5.41) is 3.98. The van der Waals surface area contributed by atoms with Crippen LogP contribution in [0.4, 0.5) is 5.69 Å². The molecule has 0 fully saturated rings. The highest BCUT2D eigenvalue weighted by atomic mass is 35.5. The zero-order valence-corrected chi connectivity index (χ0v) is 15.3. The van der Waals surface area contributed by atoms with Crippen LogP contribution in [-0.4, -0.2) is 20.1 Å². The Morgan fingerprint density at radius 1 is 1.04 bits per heavy atom. The number of hydrogen-bond donors (Lipinski definition) is 1. The lowest BCUT2D eigenvalue weighted by atomic mass is 10.1. The van der Waals surface area contributed by atoms with Crippen LogP contribution in [0.15, 0.2) is 30.3 Å². The summed E-state index contributed by atoms with van der Waals surface area (Å²) < 4.78 is 10.4. The molecule has 0 aliphatic carbocycles. The van der Waals surface area contributed by atoms with E-state index >= 15 is 0 Å². The number of rotatable bonds is 6. The molecule has 2 aromatic carbocycles. The Kier molecular flexibility index (Phi) is 6.35. The lowest BCUT2D eigenvalue weighted by molar-refractivity contribution is -0.116. The van der Waals surface area contributed by atoms with E-state index in [0.717, 1.165) is 11.1 Å². The molecule has 0 radical (unpaired) electrons. The largest absolute Gasteiger partial charge is 0.495 e. The fourth-order valence-corrected chi connectivity index (χ4v) is 2.70. The number of amides is 1. The summed E-state index contributed by atoms with van der Waals surface area (Å²) >= 11 is 12.2. The normalized spacial score (nSPS) is 10.4. The number of nitrogens with one attached hydrogen (secondary N) is 1. The summed E-state index contributed by atoms with van der Waals surface area (Å²) in [7, 11) is 3.10. The smallest absolute Gasteiger partial charge is 0.224 e. The molecule has 0 unspecified atom stereocenters. The number of aryl methyl sites for hydroxylation is 2. The Morgan fingerprint density at radius 2 is 1.75 bits per heavy atom. The zero-order chi connectivity index (χ0) is 17.7. The average molecular weight is 368 g/mol. The molecule has 0 spiro atoms. The van der Waals surface area contributed by atoms with Gasteiger partial charge in [-0.05, 0) is 42.7 Å². The van der Waals surface area contributed by atoms with Crippen molar-refractivity contribution in [1.29, 1.82) is 0 Å². The lowest BCUT2D eigenvalue weighted by Crippen LogP contribution is -2.13. The van der Waals surface area contributed by atoms with Crippen molar-refractivity contribution in [3.8, 4) is 11.5 Å². The van der Waals surface area contributed by atoms with Gasteiger partial charge in [-0.15, -0.1) is 0 Å². The number of carbonyl (C=O) groups excluding carboxylic acids is 1. The molecule has 0 aliphatic heterocycles. The third kappa shape index (κ3) is 4.56. The topological polar surface area (TPSA) is 47.6 Å². The average Bonchev–Trinajstić information content (AvgIpc) is 2.56. The van der Waals surface area contributed by atoms with E-state index in [1.54, 1.807) is 31.4 Å². The maximum Gasteiger partial charge on any atom is 0.224 e. The van der Waals surface area contributed by atoms with Gasteiger partial charge in [0.15, 0.2) is 0 Å². The minimum Gasteiger partial charge on any atom is -0.495 e.